The minimum atomic E-state index is 0. The standard InChI is InChI=1S/C14H23N5O.HI/c1-15-14(16-6-5-10-8-17-19(2)9-10)18-12-7-11-3-4-13(12)20-11;/h8-9,11-13H,3-7H2,1-2H3,(H2,15,16,18);1H. The highest BCUT2D eigenvalue weighted by Gasteiger charge is 2.41. The van der Waals surface area contributed by atoms with Crippen LogP contribution in [-0.4, -0.2) is 47.6 Å². The van der Waals surface area contributed by atoms with E-state index in [0.717, 1.165) is 25.3 Å². The van der Waals surface area contributed by atoms with Gasteiger partial charge >= 0.3 is 0 Å². The third-order valence-electron chi connectivity index (χ3n) is 4.12. The van der Waals surface area contributed by atoms with Gasteiger partial charge in [-0.05, 0) is 31.2 Å². The Kier molecular flexibility index (Phi) is 5.86. The fourth-order valence-corrected chi connectivity index (χ4v) is 3.09. The molecule has 0 aliphatic carbocycles. The summed E-state index contributed by atoms with van der Waals surface area (Å²) in [6.45, 7) is 0.854. The van der Waals surface area contributed by atoms with Crippen molar-refractivity contribution in [3.63, 3.8) is 0 Å². The van der Waals surface area contributed by atoms with Gasteiger partial charge in [0.15, 0.2) is 5.96 Å². The zero-order chi connectivity index (χ0) is 13.9. The van der Waals surface area contributed by atoms with Crippen LogP contribution in [0.2, 0.25) is 0 Å². The summed E-state index contributed by atoms with van der Waals surface area (Å²) in [5.74, 6) is 0.870. The van der Waals surface area contributed by atoms with Gasteiger partial charge in [-0.3, -0.25) is 9.67 Å². The van der Waals surface area contributed by atoms with E-state index in [9.17, 15) is 0 Å². The third kappa shape index (κ3) is 4.09. The smallest absolute Gasteiger partial charge is 0.191 e. The van der Waals surface area contributed by atoms with E-state index in [2.05, 4.69) is 20.7 Å². The summed E-state index contributed by atoms with van der Waals surface area (Å²) in [7, 11) is 3.75. The van der Waals surface area contributed by atoms with Crippen molar-refractivity contribution in [3.05, 3.63) is 18.0 Å². The van der Waals surface area contributed by atoms with Crippen molar-refractivity contribution in [2.45, 2.75) is 43.9 Å². The van der Waals surface area contributed by atoms with Crippen LogP contribution in [0.3, 0.4) is 0 Å². The highest BCUT2D eigenvalue weighted by Crippen LogP contribution is 2.34. The molecule has 21 heavy (non-hydrogen) atoms. The van der Waals surface area contributed by atoms with Crippen LogP contribution in [0.15, 0.2) is 17.4 Å². The molecule has 6 nitrogen and oxygen atoms in total. The first-order valence-electron chi connectivity index (χ1n) is 7.35. The Morgan fingerprint density at radius 3 is 2.95 bits per heavy atom. The molecule has 3 rings (SSSR count). The maximum Gasteiger partial charge on any atom is 0.191 e. The van der Waals surface area contributed by atoms with E-state index in [-0.39, 0.29) is 24.0 Å². The molecule has 2 saturated heterocycles. The van der Waals surface area contributed by atoms with Crippen molar-refractivity contribution >= 4 is 29.9 Å². The molecular weight excluding hydrogens is 381 g/mol. The molecule has 2 aliphatic rings. The summed E-state index contributed by atoms with van der Waals surface area (Å²) in [5.41, 5.74) is 1.23. The summed E-state index contributed by atoms with van der Waals surface area (Å²) < 4.78 is 7.68. The fourth-order valence-electron chi connectivity index (χ4n) is 3.09. The predicted octanol–water partition coefficient (Wildman–Crippen LogP) is 1.07. The van der Waals surface area contributed by atoms with Gasteiger partial charge < -0.3 is 15.4 Å². The molecule has 3 unspecified atom stereocenters. The van der Waals surface area contributed by atoms with Gasteiger partial charge in [-0.25, -0.2) is 0 Å². The summed E-state index contributed by atoms with van der Waals surface area (Å²) in [5, 5.41) is 11.0. The Morgan fingerprint density at radius 1 is 1.52 bits per heavy atom. The Balaban J connectivity index is 0.00000161. The van der Waals surface area contributed by atoms with Crippen molar-refractivity contribution in [3.8, 4) is 0 Å². The summed E-state index contributed by atoms with van der Waals surface area (Å²) in [6, 6.07) is 0.415. The van der Waals surface area contributed by atoms with Crippen LogP contribution in [0.25, 0.3) is 0 Å². The molecule has 3 heterocycles. The fraction of sp³-hybridized carbons (Fsp3) is 0.714. The lowest BCUT2D eigenvalue weighted by Crippen LogP contribution is -2.47. The highest BCUT2D eigenvalue weighted by molar-refractivity contribution is 14.0. The number of nitrogens with zero attached hydrogens (tertiary/aromatic N) is 3. The molecule has 2 fully saturated rings. The highest BCUT2D eigenvalue weighted by atomic mass is 127. The number of halogens is 1. The molecule has 118 valence electrons. The molecule has 3 atom stereocenters. The minimum absolute atomic E-state index is 0. The van der Waals surface area contributed by atoms with Crippen LogP contribution in [0, 0.1) is 0 Å². The van der Waals surface area contributed by atoms with Crippen molar-refractivity contribution in [1.82, 2.24) is 20.4 Å². The lowest BCUT2D eigenvalue weighted by Gasteiger charge is -2.22. The summed E-state index contributed by atoms with van der Waals surface area (Å²) in [4.78, 5) is 4.29. The number of aliphatic imine (C=N–C) groups is 1. The topological polar surface area (TPSA) is 63.5 Å². The molecule has 2 N–H and O–H groups in total. The number of aryl methyl sites for hydroxylation is 1. The molecule has 2 aliphatic heterocycles. The van der Waals surface area contributed by atoms with E-state index in [4.69, 9.17) is 4.74 Å². The van der Waals surface area contributed by atoms with E-state index in [1.54, 1.807) is 0 Å². The lowest BCUT2D eigenvalue weighted by atomic mass is 9.96. The van der Waals surface area contributed by atoms with E-state index in [0.29, 0.717) is 18.2 Å². The lowest BCUT2D eigenvalue weighted by molar-refractivity contribution is 0.0992. The monoisotopic (exact) mass is 405 g/mol. The minimum Gasteiger partial charge on any atom is -0.373 e. The van der Waals surface area contributed by atoms with Crippen LogP contribution in [0.1, 0.15) is 24.8 Å². The summed E-state index contributed by atoms with van der Waals surface area (Å²) in [6.07, 6.45) is 9.23. The molecule has 0 amide bonds. The number of rotatable bonds is 4. The van der Waals surface area contributed by atoms with E-state index in [1.807, 2.05) is 31.2 Å². The van der Waals surface area contributed by atoms with Crippen molar-refractivity contribution in [1.29, 1.82) is 0 Å². The first kappa shape index (κ1) is 16.5. The molecule has 7 heteroatoms. The average molecular weight is 405 g/mol. The number of fused-ring (bicyclic) bond motifs is 2. The molecular formula is C14H24IN5O. The molecule has 1 aromatic rings. The van der Waals surface area contributed by atoms with E-state index in [1.165, 1.54) is 18.4 Å². The van der Waals surface area contributed by atoms with Crippen molar-refractivity contribution in [2.75, 3.05) is 13.6 Å². The van der Waals surface area contributed by atoms with Crippen LogP contribution in [0.5, 0.6) is 0 Å². The Labute approximate surface area is 142 Å². The van der Waals surface area contributed by atoms with Gasteiger partial charge in [0.25, 0.3) is 0 Å². The Hall–Kier alpha value is -0.830. The molecule has 0 aromatic carbocycles. The van der Waals surface area contributed by atoms with Gasteiger partial charge in [-0.2, -0.15) is 5.10 Å². The Morgan fingerprint density at radius 2 is 2.38 bits per heavy atom. The number of aromatic nitrogens is 2. The summed E-state index contributed by atoms with van der Waals surface area (Å²) >= 11 is 0. The second-order valence-corrected chi connectivity index (χ2v) is 5.63. The molecule has 0 radical (unpaired) electrons. The zero-order valence-corrected chi connectivity index (χ0v) is 14.9. The second kappa shape index (κ2) is 7.44. The number of hydrogen-bond donors (Lipinski definition) is 2. The molecule has 2 bridgehead atoms. The first-order valence-corrected chi connectivity index (χ1v) is 7.35. The van der Waals surface area contributed by atoms with Gasteiger partial charge in [0.1, 0.15) is 0 Å². The number of hydrogen-bond acceptors (Lipinski definition) is 3. The zero-order valence-electron chi connectivity index (χ0n) is 12.6. The SMILES string of the molecule is CN=C(NCCc1cnn(C)c1)NC1CC2CCC1O2.I. The number of ether oxygens (including phenoxy) is 1. The normalized spacial score (nSPS) is 27.5. The van der Waals surface area contributed by atoms with Crippen LogP contribution < -0.4 is 10.6 Å². The number of guanidine groups is 1. The van der Waals surface area contributed by atoms with Crippen molar-refractivity contribution in [2.24, 2.45) is 12.0 Å². The van der Waals surface area contributed by atoms with Gasteiger partial charge in [-0.1, -0.05) is 0 Å². The molecule has 0 spiro atoms. The van der Waals surface area contributed by atoms with Crippen LogP contribution in [0.4, 0.5) is 0 Å². The first-order chi connectivity index (χ1) is 9.74. The molecule has 0 saturated carbocycles. The molecule has 1 aromatic heterocycles. The quantitative estimate of drug-likeness (QED) is 0.447. The van der Waals surface area contributed by atoms with Gasteiger partial charge in [0.2, 0.25) is 0 Å². The average Bonchev–Trinajstić information content (AvgIpc) is 3.14. The van der Waals surface area contributed by atoms with Gasteiger partial charge in [-0.15, -0.1) is 24.0 Å². The van der Waals surface area contributed by atoms with E-state index < -0.39 is 0 Å². The predicted molar refractivity (Wildman–Crippen MR) is 93.1 cm³/mol. The van der Waals surface area contributed by atoms with Gasteiger partial charge in [0, 0.05) is 26.8 Å². The number of nitrogens with one attached hydrogen (secondary N) is 2. The maximum absolute atomic E-state index is 5.85. The van der Waals surface area contributed by atoms with Gasteiger partial charge in [0.05, 0.1) is 24.4 Å². The Bertz CT molecular complexity index is 489. The maximum atomic E-state index is 5.85. The van der Waals surface area contributed by atoms with Crippen LogP contribution in [-0.2, 0) is 18.2 Å². The third-order valence-corrected chi connectivity index (χ3v) is 4.12. The van der Waals surface area contributed by atoms with Crippen LogP contribution >= 0.6 is 24.0 Å². The second-order valence-electron chi connectivity index (χ2n) is 5.63. The van der Waals surface area contributed by atoms with Crippen molar-refractivity contribution < 1.29 is 4.74 Å². The van der Waals surface area contributed by atoms with E-state index >= 15 is 0 Å². The largest absolute Gasteiger partial charge is 0.373 e.